The lowest BCUT2D eigenvalue weighted by molar-refractivity contribution is 0.0635. The van der Waals surface area contributed by atoms with E-state index < -0.39 is 0 Å². The van der Waals surface area contributed by atoms with Crippen LogP contribution in [-0.4, -0.2) is 46.5 Å². The van der Waals surface area contributed by atoms with Crippen molar-refractivity contribution in [1.29, 1.82) is 0 Å². The van der Waals surface area contributed by atoms with E-state index in [9.17, 15) is 4.79 Å². The van der Waals surface area contributed by atoms with Crippen LogP contribution in [0.4, 0.5) is 0 Å². The molecule has 1 saturated heterocycles. The average molecular weight is 619 g/mol. The number of thiophene rings is 1. The predicted molar refractivity (Wildman–Crippen MR) is 164 cm³/mol. The molecule has 0 N–H and O–H groups in total. The second-order valence-electron chi connectivity index (χ2n) is 10.2. The number of halogens is 1. The molecule has 0 atom stereocenters. The second-order valence-corrected chi connectivity index (χ2v) is 12.0. The Morgan fingerprint density at radius 1 is 0.975 bits per heavy atom. The highest BCUT2D eigenvalue weighted by atomic mass is 79.9. The van der Waals surface area contributed by atoms with Gasteiger partial charge < -0.3 is 14.4 Å². The molecule has 0 aliphatic carbocycles. The minimum absolute atomic E-state index is 0.128. The number of imidazole rings is 1. The lowest BCUT2D eigenvalue weighted by Crippen LogP contribution is -2.31. The van der Waals surface area contributed by atoms with E-state index >= 15 is 0 Å². The van der Waals surface area contributed by atoms with Crippen LogP contribution in [0, 0.1) is 0 Å². The Morgan fingerprint density at radius 3 is 2.60 bits per heavy atom. The fourth-order valence-electron chi connectivity index (χ4n) is 5.25. The van der Waals surface area contributed by atoms with Gasteiger partial charge in [0.25, 0.3) is 0 Å². The highest BCUT2D eigenvalue weighted by Crippen LogP contribution is 2.37. The molecule has 0 spiro atoms. The van der Waals surface area contributed by atoms with E-state index in [1.807, 2.05) is 77.4 Å². The number of likely N-dealkylation sites (tertiary alicyclic amines) is 1. The summed E-state index contributed by atoms with van der Waals surface area (Å²) in [6.45, 7) is 4.75. The van der Waals surface area contributed by atoms with Crippen molar-refractivity contribution in [3.05, 3.63) is 93.5 Å². The molecule has 3 heterocycles. The molecule has 1 aliphatic heterocycles. The van der Waals surface area contributed by atoms with Crippen molar-refractivity contribution in [2.45, 2.75) is 39.0 Å². The molecule has 0 unspecified atom stereocenters. The third kappa shape index (κ3) is 6.00. The number of benzene rings is 3. The summed E-state index contributed by atoms with van der Waals surface area (Å²) in [6, 6.07) is 23.9. The fraction of sp³-hybridized carbons (Fsp3) is 0.312. The van der Waals surface area contributed by atoms with Crippen molar-refractivity contribution in [1.82, 2.24) is 14.5 Å². The lowest BCUT2D eigenvalue weighted by atomic mass is 10.1. The summed E-state index contributed by atoms with van der Waals surface area (Å²) in [5.41, 5.74) is 2.64. The van der Waals surface area contributed by atoms with Crippen LogP contribution >= 0.6 is 27.3 Å². The molecule has 6 nitrogen and oxygen atoms in total. The molecule has 0 radical (unpaired) electrons. The molecule has 6 rings (SSSR count). The van der Waals surface area contributed by atoms with Crippen LogP contribution in [0.2, 0.25) is 0 Å². The van der Waals surface area contributed by atoms with Gasteiger partial charge in [-0.15, -0.1) is 11.3 Å². The predicted octanol–water partition coefficient (Wildman–Crippen LogP) is 7.67. The largest absolute Gasteiger partial charge is 0.493 e. The van der Waals surface area contributed by atoms with Crippen molar-refractivity contribution in [3.63, 3.8) is 0 Å². The van der Waals surface area contributed by atoms with Gasteiger partial charge in [0.1, 0.15) is 12.5 Å². The molecule has 5 aromatic rings. The first kappa shape index (κ1) is 27.1. The van der Waals surface area contributed by atoms with Crippen molar-refractivity contribution in [3.8, 4) is 5.75 Å². The first-order valence-electron chi connectivity index (χ1n) is 13.9. The van der Waals surface area contributed by atoms with Gasteiger partial charge >= 0.3 is 0 Å². The standard InChI is InChI=1S/C32H32BrN3O3S/c33-29-25-12-5-6-13-28(25)40-31(29)30(37)32-34-26-15-14-24(39-19-9-18-35-16-7-2-8-17-35)20-27(26)36(32)22-38-21-23-10-3-1-4-11-23/h1,3-6,10-15,20H,2,7-9,16-19,21-22H2. The van der Waals surface area contributed by atoms with E-state index in [0.29, 0.717) is 23.9 Å². The van der Waals surface area contributed by atoms with Gasteiger partial charge in [0.15, 0.2) is 5.82 Å². The number of ketones is 1. The van der Waals surface area contributed by atoms with Gasteiger partial charge in [-0.2, -0.15) is 0 Å². The number of rotatable bonds is 11. The van der Waals surface area contributed by atoms with E-state index in [1.54, 1.807) is 0 Å². The zero-order valence-electron chi connectivity index (χ0n) is 22.4. The van der Waals surface area contributed by atoms with E-state index in [-0.39, 0.29) is 12.5 Å². The summed E-state index contributed by atoms with van der Waals surface area (Å²) < 4.78 is 16.0. The van der Waals surface area contributed by atoms with Gasteiger partial charge in [0.05, 0.1) is 29.1 Å². The molecule has 1 fully saturated rings. The molecule has 0 saturated carbocycles. The molecule has 0 bridgehead atoms. The van der Waals surface area contributed by atoms with Crippen LogP contribution in [0.1, 0.15) is 46.7 Å². The fourth-order valence-corrected chi connectivity index (χ4v) is 7.18. The Bertz CT molecular complexity index is 1610. The van der Waals surface area contributed by atoms with Gasteiger partial charge in [-0.05, 0) is 72.0 Å². The Morgan fingerprint density at radius 2 is 1.77 bits per heavy atom. The molecule has 40 heavy (non-hydrogen) atoms. The van der Waals surface area contributed by atoms with Gasteiger partial charge in [0.2, 0.25) is 5.78 Å². The number of carbonyl (C=O) groups is 1. The molecular formula is C32H32BrN3O3S. The average Bonchev–Trinajstić information content (AvgIpc) is 3.53. The van der Waals surface area contributed by atoms with Crippen molar-refractivity contribution >= 4 is 54.2 Å². The quantitative estimate of drug-likeness (QED) is 0.112. The maximum atomic E-state index is 13.9. The molecule has 1 aliphatic rings. The van der Waals surface area contributed by atoms with Crippen LogP contribution < -0.4 is 4.74 Å². The number of aromatic nitrogens is 2. The Kier molecular flexibility index (Phi) is 8.58. The van der Waals surface area contributed by atoms with E-state index in [1.165, 1.54) is 43.7 Å². The highest BCUT2D eigenvalue weighted by molar-refractivity contribution is 9.10. The third-order valence-electron chi connectivity index (χ3n) is 7.33. The first-order valence-corrected chi connectivity index (χ1v) is 15.5. The minimum Gasteiger partial charge on any atom is -0.493 e. The molecule has 3 aromatic carbocycles. The summed E-state index contributed by atoms with van der Waals surface area (Å²) in [5.74, 6) is 1.01. The van der Waals surface area contributed by atoms with Gasteiger partial charge in [-0.1, -0.05) is 55.0 Å². The maximum Gasteiger partial charge on any atom is 0.239 e. The number of hydrogen-bond acceptors (Lipinski definition) is 6. The van der Waals surface area contributed by atoms with E-state index in [2.05, 4.69) is 20.8 Å². The Balaban J connectivity index is 1.25. The summed E-state index contributed by atoms with van der Waals surface area (Å²) in [6.07, 6.45) is 4.93. The number of hydrogen-bond donors (Lipinski definition) is 0. The maximum absolute atomic E-state index is 13.9. The summed E-state index contributed by atoms with van der Waals surface area (Å²) in [5, 5.41) is 1.03. The lowest BCUT2D eigenvalue weighted by Gasteiger charge is -2.26. The van der Waals surface area contributed by atoms with Crippen molar-refractivity contribution in [2.75, 3.05) is 26.2 Å². The van der Waals surface area contributed by atoms with Crippen LogP contribution in [0.5, 0.6) is 5.75 Å². The monoisotopic (exact) mass is 617 g/mol. The zero-order valence-corrected chi connectivity index (χ0v) is 24.8. The summed E-state index contributed by atoms with van der Waals surface area (Å²) in [7, 11) is 0. The van der Waals surface area contributed by atoms with Crippen LogP contribution in [0.25, 0.3) is 21.1 Å². The Hall–Kier alpha value is -3.04. The van der Waals surface area contributed by atoms with Crippen LogP contribution in [0.3, 0.4) is 0 Å². The number of fused-ring (bicyclic) bond motifs is 2. The Labute approximate surface area is 246 Å². The molecule has 0 amide bonds. The van der Waals surface area contributed by atoms with Crippen LogP contribution in [0.15, 0.2) is 77.3 Å². The van der Waals surface area contributed by atoms with E-state index in [4.69, 9.17) is 14.5 Å². The number of nitrogens with zero attached hydrogens (tertiary/aromatic N) is 3. The third-order valence-corrected chi connectivity index (χ3v) is 9.59. The van der Waals surface area contributed by atoms with Gasteiger partial charge in [-0.3, -0.25) is 9.36 Å². The van der Waals surface area contributed by atoms with Gasteiger partial charge in [0, 0.05) is 27.2 Å². The second kappa shape index (κ2) is 12.6. The topological polar surface area (TPSA) is 56.6 Å². The first-order chi connectivity index (χ1) is 19.7. The van der Waals surface area contributed by atoms with Crippen molar-refractivity contribution in [2.24, 2.45) is 0 Å². The van der Waals surface area contributed by atoms with Crippen LogP contribution in [-0.2, 0) is 18.1 Å². The minimum atomic E-state index is -0.128. The summed E-state index contributed by atoms with van der Waals surface area (Å²) >= 11 is 5.15. The zero-order chi connectivity index (χ0) is 27.3. The number of ether oxygens (including phenoxy) is 2. The van der Waals surface area contributed by atoms with Gasteiger partial charge in [-0.25, -0.2) is 4.98 Å². The molecular weight excluding hydrogens is 586 g/mol. The summed E-state index contributed by atoms with van der Waals surface area (Å²) in [4.78, 5) is 21.9. The number of carbonyl (C=O) groups excluding carboxylic acids is 1. The normalized spacial score (nSPS) is 14.2. The van der Waals surface area contributed by atoms with E-state index in [0.717, 1.165) is 49.9 Å². The molecule has 206 valence electrons. The number of piperidine rings is 1. The smallest absolute Gasteiger partial charge is 0.239 e. The highest BCUT2D eigenvalue weighted by Gasteiger charge is 2.24. The molecule has 2 aromatic heterocycles. The van der Waals surface area contributed by atoms with Crippen molar-refractivity contribution < 1.29 is 14.3 Å². The SMILES string of the molecule is O=C(c1sc2ccccc2c1Br)c1nc2ccc(OCCCN3CCCCC3)cc2n1COCc1ccccc1. The molecule has 8 heteroatoms.